The molecule has 0 radical (unpaired) electrons. The van der Waals surface area contributed by atoms with Crippen LogP contribution in [0.1, 0.15) is 28.5 Å². The molecule has 8 heteroatoms. The molecule has 5 nitrogen and oxygen atoms in total. The minimum Gasteiger partial charge on any atom is -0.337 e. The fraction of sp³-hybridized carbons (Fsp3) is 0.240. The zero-order chi connectivity index (χ0) is 22.9. The van der Waals surface area contributed by atoms with E-state index in [2.05, 4.69) is 0 Å². The number of nitrogens with zero attached hydrogens (tertiary/aromatic N) is 3. The normalized spacial score (nSPS) is 13.3. The number of thiophene rings is 1. The molecule has 2 aromatic carbocycles. The van der Waals surface area contributed by atoms with E-state index in [4.69, 9.17) is 16.6 Å². The molecule has 0 N–H and O–H groups in total. The summed E-state index contributed by atoms with van der Waals surface area (Å²) in [6.07, 6.45) is 0.687. The summed E-state index contributed by atoms with van der Waals surface area (Å²) in [7, 11) is 0. The Hall–Kier alpha value is -2.61. The molecule has 0 unspecified atom stereocenters. The summed E-state index contributed by atoms with van der Waals surface area (Å²) >= 11 is 9.23. The van der Waals surface area contributed by atoms with Gasteiger partial charge in [0.2, 0.25) is 5.91 Å². The number of rotatable bonds is 5. The molecule has 0 aliphatic carbocycles. The van der Waals surface area contributed by atoms with Gasteiger partial charge in [-0.05, 0) is 35.2 Å². The molecule has 0 fully saturated rings. The molecule has 2 aromatic heterocycles. The highest BCUT2D eigenvalue weighted by molar-refractivity contribution is 7.98. The van der Waals surface area contributed by atoms with Gasteiger partial charge in [-0.2, -0.15) is 0 Å². The summed E-state index contributed by atoms with van der Waals surface area (Å²) in [4.78, 5) is 34.3. The fourth-order valence-electron chi connectivity index (χ4n) is 4.12. The van der Waals surface area contributed by atoms with Gasteiger partial charge in [0.25, 0.3) is 5.56 Å². The summed E-state index contributed by atoms with van der Waals surface area (Å²) < 4.78 is 1.79. The van der Waals surface area contributed by atoms with Crippen molar-refractivity contribution in [3.8, 4) is 0 Å². The van der Waals surface area contributed by atoms with Gasteiger partial charge in [-0.3, -0.25) is 14.2 Å². The van der Waals surface area contributed by atoms with E-state index in [1.165, 1.54) is 11.3 Å². The van der Waals surface area contributed by atoms with Gasteiger partial charge in [0, 0.05) is 29.1 Å². The van der Waals surface area contributed by atoms with E-state index in [0.29, 0.717) is 47.4 Å². The third-order valence-corrected chi connectivity index (χ3v) is 8.20. The Morgan fingerprint density at radius 2 is 1.94 bits per heavy atom. The second-order valence-corrected chi connectivity index (χ2v) is 10.5. The molecule has 0 saturated heterocycles. The van der Waals surface area contributed by atoms with Crippen LogP contribution in [-0.4, -0.2) is 26.9 Å². The summed E-state index contributed by atoms with van der Waals surface area (Å²) in [5.41, 5.74) is 3.18. The number of hydrogen-bond donors (Lipinski definition) is 0. The maximum absolute atomic E-state index is 13.8. The van der Waals surface area contributed by atoms with Gasteiger partial charge >= 0.3 is 0 Å². The molecule has 3 heterocycles. The molecular formula is C25H22ClN3O2S2. The summed E-state index contributed by atoms with van der Waals surface area (Å²) in [5, 5.41) is 2.10. The highest BCUT2D eigenvalue weighted by atomic mass is 35.5. The quantitative estimate of drug-likeness (QED) is 0.276. The molecule has 168 valence electrons. The zero-order valence-electron chi connectivity index (χ0n) is 18.1. The molecule has 4 aromatic rings. The van der Waals surface area contributed by atoms with Gasteiger partial charge in [0.15, 0.2) is 5.16 Å². The molecule has 0 saturated carbocycles. The smallest absolute Gasteiger partial charge is 0.263 e. The summed E-state index contributed by atoms with van der Waals surface area (Å²) in [6, 6.07) is 17.7. The lowest BCUT2D eigenvalue weighted by molar-refractivity contribution is -0.129. The van der Waals surface area contributed by atoms with Crippen LogP contribution >= 0.6 is 34.7 Å². The predicted molar refractivity (Wildman–Crippen MR) is 135 cm³/mol. The van der Waals surface area contributed by atoms with E-state index in [0.717, 1.165) is 26.4 Å². The average Bonchev–Trinajstić information content (AvgIpc) is 3.18. The molecule has 5 rings (SSSR count). The molecule has 0 spiro atoms. The summed E-state index contributed by atoms with van der Waals surface area (Å²) in [5.74, 6) is 0.724. The Balaban J connectivity index is 1.58. The minimum atomic E-state index is -0.00813. The van der Waals surface area contributed by atoms with Crippen LogP contribution in [0.25, 0.3) is 10.2 Å². The van der Waals surface area contributed by atoms with Gasteiger partial charge < -0.3 is 4.90 Å². The van der Waals surface area contributed by atoms with E-state index in [9.17, 15) is 9.59 Å². The number of amides is 1. The molecule has 33 heavy (non-hydrogen) atoms. The Morgan fingerprint density at radius 3 is 2.70 bits per heavy atom. The van der Waals surface area contributed by atoms with E-state index in [1.54, 1.807) is 23.3 Å². The second kappa shape index (κ2) is 9.33. The van der Waals surface area contributed by atoms with Gasteiger partial charge in [-0.25, -0.2) is 4.98 Å². The van der Waals surface area contributed by atoms with Crippen molar-refractivity contribution in [1.82, 2.24) is 14.5 Å². The van der Waals surface area contributed by atoms with Crippen LogP contribution in [0.4, 0.5) is 0 Å². The summed E-state index contributed by atoms with van der Waals surface area (Å²) in [6.45, 7) is 3.24. The van der Waals surface area contributed by atoms with E-state index in [1.807, 2.05) is 59.5 Å². The number of fused-ring (bicyclic) bond motifs is 3. The maximum Gasteiger partial charge on any atom is 0.263 e. The molecule has 0 atom stereocenters. The number of carbonyl (C=O) groups is 1. The first-order valence-corrected chi connectivity index (χ1v) is 12.9. The van der Waals surface area contributed by atoms with Crippen molar-refractivity contribution in [1.29, 1.82) is 0 Å². The Morgan fingerprint density at radius 1 is 1.15 bits per heavy atom. The number of thioether (sulfide) groups is 1. The third kappa shape index (κ3) is 4.58. The molecule has 1 amide bonds. The Bertz CT molecular complexity index is 1400. The first kappa shape index (κ1) is 22.2. The van der Waals surface area contributed by atoms with Crippen LogP contribution in [0.2, 0.25) is 5.02 Å². The molecule has 1 aliphatic rings. The first-order valence-electron chi connectivity index (χ1n) is 10.7. The largest absolute Gasteiger partial charge is 0.337 e. The SMILES string of the molecule is CC(=O)N1CCc2c(sc3nc(SCc4cccc(Cl)c4)n(Cc4ccccc4)c(=O)c23)C1. The van der Waals surface area contributed by atoms with Crippen molar-refractivity contribution >= 4 is 50.8 Å². The molecule has 1 aliphatic heterocycles. The third-order valence-electron chi connectivity index (χ3n) is 5.81. The van der Waals surface area contributed by atoms with Crippen LogP contribution in [0.5, 0.6) is 0 Å². The molecule has 0 bridgehead atoms. The van der Waals surface area contributed by atoms with Crippen LogP contribution < -0.4 is 5.56 Å². The number of benzene rings is 2. The Kier molecular flexibility index (Phi) is 6.27. The van der Waals surface area contributed by atoms with Crippen molar-refractivity contribution in [3.63, 3.8) is 0 Å². The topological polar surface area (TPSA) is 55.2 Å². The lowest BCUT2D eigenvalue weighted by Gasteiger charge is -2.25. The zero-order valence-corrected chi connectivity index (χ0v) is 20.5. The van der Waals surface area contributed by atoms with Gasteiger partial charge in [-0.1, -0.05) is 65.8 Å². The van der Waals surface area contributed by atoms with E-state index < -0.39 is 0 Å². The van der Waals surface area contributed by atoms with E-state index >= 15 is 0 Å². The minimum absolute atomic E-state index is 0.00813. The van der Waals surface area contributed by atoms with E-state index in [-0.39, 0.29) is 11.5 Å². The van der Waals surface area contributed by atoms with Crippen molar-refractivity contribution < 1.29 is 4.79 Å². The van der Waals surface area contributed by atoms with Crippen LogP contribution in [0.15, 0.2) is 64.5 Å². The molecular weight excluding hydrogens is 474 g/mol. The fourth-order valence-corrected chi connectivity index (χ4v) is 6.55. The lowest BCUT2D eigenvalue weighted by Crippen LogP contribution is -2.34. The number of aromatic nitrogens is 2. The van der Waals surface area contributed by atoms with Crippen LogP contribution in [0, 0.1) is 0 Å². The van der Waals surface area contributed by atoms with Crippen molar-refractivity contribution in [2.45, 2.75) is 37.3 Å². The van der Waals surface area contributed by atoms with Crippen LogP contribution in [0.3, 0.4) is 0 Å². The van der Waals surface area contributed by atoms with Gasteiger partial charge in [0.1, 0.15) is 4.83 Å². The Labute approximate surface area is 205 Å². The van der Waals surface area contributed by atoms with Crippen LogP contribution in [-0.2, 0) is 30.1 Å². The standard InChI is InChI=1S/C25H22ClN3O2S2/c1-16(30)28-11-10-20-21(14-28)33-23-22(20)24(31)29(13-17-6-3-2-4-7-17)25(27-23)32-15-18-8-5-9-19(26)12-18/h2-9,12H,10-11,13-15H2,1H3. The highest BCUT2D eigenvalue weighted by Gasteiger charge is 2.26. The van der Waals surface area contributed by atoms with Crippen molar-refractivity contribution in [2.75, 3.05) is 6.54 Å². The monoisotopic (exact) mass is 495 g/mol. The number of carbonyl (C=O) groups excluding carboxylic acids is 1. The average molecular weight is 496 g/mol. The van der Waals surface area contributed by atoms with Gasteiger partial charge in [-0.15, -0.1) is 11.3 Å². The van der Waals surface area contributed by atoms with Crippen molar-refractivity contribution in [3.05, 3.63) is 91.5 Å². The maximum atomic E-state index is 13.8. The highest BCUT2D eigenvalue weighted by Crippen LogP contribution is 2.34. The predicted octanol–water partition coefficient (Wildman–Crippen LogP) is 5.36. The first-order chi connectivity index (χ1) is 16.0. The number of halogens is 1. The lowest BCUT2D eigenvalue weighted by atomic mass is 10.1. The van der Waals surface area contributed by atoms with Gasteiger partial charge in [0.05, 0.1) is 18.5 Å². The number of hydrogen-bond acceptors (Lipinski definition) is 5. The van der Waals surface area contributed by atoms with Crippen molar-refractivity contribution in [2.24, 2.45) is 0 Å². The second-order valence-electron chi connectivity index (χ2n) is 8.06.